The fraction of sp³-hybridized carbons (Fsp3) is 0.105. The van der Waals surface area contributed by atoms with Crippen molar-refractivity contribution in [2.45, 2.75) is 12.1 Å². The summed E-state index contributed by atoms with van der Waals surface area (Å²) in [5.41, 5.74) is 3.00. The number of rotatable bonds is 6. The Morgan fingerprint density at radius 1 is 1.18 bits per heavy atom. The van der Waals surface area contributed by atoms with E-state index < -0.39 is 4.92 Å². The Balaban J connectivity index is 1.66. The number of anilines is 1. The number of non-ortho nitro benzene ring substituents is 1. The first-order valence-corrected chi connectivity index (χ1v) is 9.98. The number of aromatic nitrogens is 2. The van der Waals surface area contributed by atoms with Crippen LogP contribution in [0.2, 0.25) is 0 Å². The Morgan fingerprint density at radius 2 is 1.93 bits per heavy atom. The molecule has 9 heteroatoms. The van der Waals surface area contributed by atoms with Gasteiger partial charge in [0.1, 0.15) is 0 Å². The molecule has 0 saturated carbocycles. The van der Waals surface area contributed by atoms with Crippen LogP contribution in [0.15, 0.2) is 64.2 Å². The Morgan fingerprint density at radius 3 is 2.61 bits per heavy atom. The van der Waals surface area contributed by atoms with Gasteiger partial charge in [0.25, 0.3) is 5.69 Å². The third-order valence-corrected chi connectivity index (χ3v) is 5.18. The van der Waals surface area contributed by atoms with Crippen LogP contribution in [-0.2, 0) is 4.79 Å². The minimum atomic E-state index is -0.494. The van der Waals surface area contributed by atoms with Crippen LogP contribution in [0.25, 0.3) is 11.3 Å². The number of nitrogens with one attached hydrogen (secondary N) is 1. The van der Waals surface area contributed by atoms with E-state index in [0.29, 0.717) is 15.3 Å². The van der Waals surface area contributed by atoms with Gasteiger partial charge in [-0.1, -0.05) is 42.1 Å². The fourth-order valence-electron chi connectivity index (χ4n) is 2.40. The van der Waals surface area contributed by atoms with Gasteiger partial charge < -0.3 is 5.32 Å². The molecule has 2 aromatic carbocycles. The van der Waals surface area contributed by atoms with Gasteiger partial charge in [0.05, 0.1) is 22.1 Å². The quantitative estimate of drug-likeness (QED) is 0.245. The van der Waals surface area contributed by atoms with Gasteiger partial charge in [-0.3, -0.25) is 14.9 Å². The zero-order valence-corrected chi connectivity index (χ0v) is 17.2. The van der Waals surface area contributed by atoms with Crippen LogP contribution in [0, 0.1) is 17.0 Å². The molecule has 3 aromatic rings. The number of nitrogens with zero attached hydrogens (tertiary/aromatic N) is 3. The molecule has 142 valence electrons. The maximum absolute atomic E-state index is 12.3. The Bertz CT molecular complexity index is 1030. The van der Waals surface area contributed by atoms with Gasteiger partial charge >= 0.3 is 0 Å². The number of benzene rings is 2. The van der Waals surface area contributed by atoms with Crippen molar-refractivity contribution in [3.63, 3.8) is 0 Å². The second-order valence-electron chi connectivity index (χ2n) is 5.80. The number of amides is 1. The smallest absolute Gasteiger partial charge is 0.270 e. The molecule has 0 fully saturated rings. The molecule has 1 heterocycles. The summed E-state index contributed by atoms with van der Waals surface area (Å²) in [6.45, 7) is 1.88. The molecule has 0 aliphatic carbocycles. The molecule has 7 nitrogen and oxygen atoms in total. The predicted molar refractivity (Wildman–Crippen MR) is 112 cm³/mol. The third kappa shape index (κ3) is 5.14. The summed E-state index contributed by atoms with van der Waals surface area (Å²) in [6.07, 6.45) is 0. The molecule has 0 aliphatic rings. The van der Waals surface area contributed by atoms with Crippen molar-refractivity contribution in [1.29, 1.82) is 0 Å². The molecule has 28 heavy (non-hydrogen) atoms. The standard InChI is InChI=1S/C19H15BrN4O3S/c1-12-9-17(13-5-3-2-4-6-13)23-19(21-12)28-11-18(25)22-16-8-7-14(24(26)27)10-15(16)20/h2-10H,11H2,1H3,(H,22,25). The van der Waals surface area contributed by atoms with Crippen LogP contribution < -0.4 is 5.32 Å². The molecule has 0 spiro atoms. The zero-order chi connectivity index (χ0) is 20.1. The van der Waals surface area contributed by atoms with Crippen LogP contribution in [0.3, 0.4) is 0 Å². The molecule has 0 aliphatic heterocycles. The van der Waals surface area contributed by atoms with Crippen LogP contribution in [0.1, 0.15) is 5.69 Å². The average molecular weight is 459 g/mol. The molecule has 1 aromatic heterocycles. The minimum Gasteiger partial charge on any atom is -0.324 e. The van der Waals surface area contributed by atoms with E-state index in [4.69, 9.17) is 0 Å². The largest absolute Gasteiger partial charge is 0.324 e. The van der Waals surface area contributed by atoms with Crippen LogP contribution >= 0.6 is 27.7 Å². The highest BCUT2D eigenvalue weighted by Gasteiger charge is 2.13. The number of carbonyl (C=O) groups excluding carboxylic acids is 1. The highest BCUT2D eigenvalue weighted by Crippen LogP contribution is 2.27. The first kappa shape index (κ1) is 20.0. The van der Waals surface area contributed by atoms with E-state index in [2.05, 4.69) is 31.2 Å². The number of carbonyl (C=O) groups is 1. The van der Waals surface area contributed by atoms with Crippen molar-refractivity contribution in [3.05, 3.63) is 74.9 Å². The van der Waals surface area contributed by atoms with Crippen molar-refractivity contribution in [1.82, 2.24) is 9.97 Å². The van der Waals surface area contributed by atoms with E-state index in [1.807, 2.05) is 43.3 Å². The van der Waals surface area contributed by atoms with Gasteiger partial charge in [0, 0.05) is 27.9 Å². The van der Waals surface area contributed by atoms with E-state index in [0.717, 1.165) is 17.0 Å². The van der Waals surface area contributed by atoms with E-state index >= 15 is 0 Å². The molecule has 0 atom stereocenters. The van der Waals surface area contributed by atoms with Gasteiger partial charge in [-0.2, -0.15) is 0 Å². The van der Waals surface area contributed by atoms with Crippen molar-refractivity contribution in [2.24, 2.45) is 0 Å². The molecule has 1 N–H and O–H groups in total. The zero-order valence-electron chi connectivity index (χ0n) is 14.8. The predicted octanol–water partition coefficient (Wildman–Crippen LogP) is 4.85. The van der Waals surface area contributed by atoms with Gasteiger partial charge in [-0.15, -0.1) is 0 Å². The summed E-state index contributed by atoms with van der Waals surface area (Å²) in [4.78, 5) is 31.4. The Kier molecular flexibility index (Phi) is 6.37. The Labute approximate surface area is 173 Å². The topological polar surface area (TPSA) is 98.0 Å². The highest BCUT2D eigenvalue weighted by atomic mass is 79.9. The van der Waals surface area contributed by atoms with Crippen LogP contribution in [-0.4, -0.2) is 26.6 Å². The van der Waals surface area contributed by atoms with Gasteiger partial charge in [-0.25, -0.2) is 9.97 Å². The number of aryl methyl sites for hydroxylation is 1. The van der Waals surface area contributed by atoms with E-state index in [9.17, 15) is 14.9 Å². The lowest BCUT2D eigenvalue weighted by Crippen LogP contribution is -2.14. The monoisotopic (exact) mass is 458 g/mol. The summed E-state index contributed by atoms with van der Waals surface area (Å²) in [7, 11) is 0. The number of thioether (sulfide) groups is 1. The SMILES string of the molecule is Cc1cc(-c2ccccc2)nc(SCC(=O)Nc2ccc([N+](=O)[O-])cc2Br)n1. The normalized spacial score (nSPS) is 10.5. The summed E-state index contributed by atoms with van der Waals surface area (Å²) < 4.78 is 0.443. The van der Waals surface area contributed by atoms with Gasteiger partial charge in [-0.05, 0) is 35.0 Å². The van der Waals surface area contributed by atoms with Crippen LogP contribution in [0.4, 0.5) is 11.4 Å². The summed E-state index contributed by atoms with van der Waals surface area (Å²) in [6, 6.07) is 15.8. The van der Waals surface area contributed by atoms with Gasteiger partial charge in [0.15, 0.2) is 5.16 Å². The lowest BCUT2D eigenvalue weighted by atomic mass is 10.1. The number of halogens is 1. The van der Waals surface area contributed by atoms with E-state index in [1.165, 1.54) is 30.0 Å². The minimum absolute atomic E-state index is 0.0548. The molecular formula is C19H15BrN4O3S. The number of nitro benzene ring substituents is 1. The number of hydrogen-bond acceptors (Lipinski definition) is 6. The van der Waals surface area contributed by atoms with E-state index in [1.54, 1.807) is 0 Å². The van der Waals surface area contributed by atoms with Crippen LogP contribution in [0.5, 0.6) is 0 Å². The van der Waals surface area contributed by atoms with Crippen molar-refractivity contribution >= 4 is 45.0 Å². The van der Waals surface area contributed by atoms with Crippen molar-refractivity contribution in [3.8, 4) is 11.3 Å². The third-order valence-electron chi connectivity index (χ3n) is 3.67. The molecule has 0 bridgehead atoms. The lowest BCUT2D eigenvalue weighted by molar-refractivity contribution is -0.384. The number of hydrogen-bond donors (Lipinski definition) is 1. The molecular weight excluding hydrogens is 444 g/mol. The highest BCUT2D eigenvalue weighted by molar-refractivity contribution is 9.10. The molecule has 1 amide bonds. The first-order chi connectivity index (χ1) is 13.4. The average Bonchev–Trinajstić information content (AvgIpc) is 2.68. The molecule has 0 unspecified atom stereocenters. The van der Waals surface area contributed by atoms with Crippen molar-refractivity contribution in [2.75, 3.05) is 11.1 Å². The molecule has 0 saturated heterocycles. The second-order valence-corrected chi connectivity index (χ2v) is 7.60. The van der Waals surface area contributed by atoms with Gasteiger partial charge in [0.2, 0.25) is 5.91 Å². The second kappa shape index (κ2) is 8.94. The maximum atomic E-state index is 12.3. The lowest BCUT2D eigenvalue weighted by Gasteiger charge is -2.08. The molecule has 3 rings (SSSR count). The fourth-order valence-corrected chi connectivity index (χ4v) is 3.57. The summed E-state index contributed by atoms with van der Waals surface area (Å²) in [5.74, 6) is -0.146. The summed E-state index contributed by atoms with van der Waals surface area (Å²) >= 11 is 4.46. The van der Waals surface area contributed by atoms with E-state index in [-0.39, 0.29) is 17.3 Å². The maximum Gasteiger partial charge on any atom is 0.270 e. The summed E-state index contributed by atoms with van der Waals surface area (Å²) in [5, 5.41) is 14.0. The molecule has 0 radical (unpaired) electrons. The van der Waals surface area contributed by atoms with Crippen molar-refractivity contribution < 1.29 is 9.72 Å². The number of nitro groups is 1. The first-order valence-electron chi connectivity index (χ1n) is 8.20. The Hall–Kier alpha value is -2.78.